The van der Waals surface area contributed by atoms with Gasteiger partial charge in [0.05, 0.1) is 11.9 Å². The summed E-state index contributed by atoms with van der Waals surface area (Å²) in [5.74, 6) is 0.614. The Balaban J connectivity index is 2.41. The molecule has 0 aliphatic carbocycles. The number of imidazole rings is 1. The molecule has 0 radical (unpaired) electrons. The zero-order chi connectivity index (χ0) is 9.10. The lowest BCUT2D eigenvalue weighted by Crippen LogP contribution is -1.84. The lowest BCUT2D eigenvalue weighted by Gasteiger charge is -1.92. The van der Waals surface area contributed by atoms with Gasteiger partial charge in [0.25, 0.3) is 0 Å². The monoisotopic (exact) mass is 173 g/mol. The number of aromatic nitrogens is 3. The highest BCUT2D eigenvalue weighted by atomic mass is 16.1. The van der Waals surface area contributed by atoms with Crippen LogP contribution in [0.15, 0.2) is 30.6 Å². The molecule has 0 aromatic carbocycles. The third kappa shape index (κ3) is 1.46. The van der Waals surface area contributed by atoms with Crippen molar-refractivity contribution in [2.45, 2.75) is 0 Å². The normalized spacial score (nSPS) is 9.85. The Hall–Kier alpha value is -1.97. The fourth-order valence-corrected chi connectivity index (χ4v) is 1.03. The summed E-state index contributed by atoms with van der Waals surface area (Å²) in [6.45, 7) is 0. The van der Waals surface area contributed by atoms with Crippen LogP contribution in [0.3, 0.4) is 0 Å². The minimum Gasteiger partial charge on any atom is -0.334 e. The average Bonchev–Trinajstić information content (AvgIpc) is 2.67. The predicted molar refractivity (Wildman–Crippen MR) is 47.2 cm³/mol. The van der Waals surface area contributed by atoms with Crippen molar-refractivity contribution in [2.75, 3.05) is 0 Å². The van der Waals surface area contributed by atoms with Crippen LogP contribution in [0, 0.1) is 0 Å². The number of pyridine rings is 1. The number of hydrogen-bond donors (Lipinski definition) is 1. The number of hydrogen-bond acceptors (Lipinski definition) is 3. The molecule has 4 heteroatoms. The molecule has 2 rings (SSSR count). The minimum atomic E-state index is 0.459. The number of carbonyl (C=O) groups is 1. The summed E-state index contributed by atoms with van der Waals surface area (Å²) in [7, 11) is 0. The molecule has 0 spiro atoms. The van der Waals surface area contributed by atoms with Crippen LogP contribution in [0.1, 0.15) is 10.5 Å². The molecule has 4 nitrogen and oxygen atoms in total. The van der Waals surface area contributed by atoms with Gasteiger partial charge in [-0.3, -0.25) is 9.78 Å². The molecule has 2 heterocycles. The van der Waals surface area contributed by atoms with E-state index in [9.17, 15) is 4.79 Å². The lowest BCUT2D eigenvalue weighted by molar-refractivity contribution is 0.111. The van der Waals surface area contributed by atoms with Gasteiger partial charge in [0, 0.05) is 6.20 Å². The zero-order valence-corrected chi connectivity index (χ0v) is 6.77. The molecule has 1 N–H and O–H groups in total. The molecule has 13 heavy (non-hydrogen) atoms. The first-order chi connectivity index (χ1) is 6.40. The Kier molecular flexibility index (Phi) is 1.88. The maximum absolute atomic E-state index is 10.4. The van der Waals surface area contributed by atoms with Gasteiger partial charge in [-0.15, -0.1) is 0 Å². The average molecular weight is 173 g/mol. The number of aldehydes is 1. The number of nitrogens with one attached hydrogen (secondary N) is 1. The van der Waals surface area contributed by atoms with Crippen molar-refractivity contribution in [3.05, 3.63) is 36.3 Å². The third-order valence-electron chi connectivity index (χ3n) is 1.63. The van der Waals surface area contributed by atoms with Gasteiger partial charge in [0.15, 0.2) is 12.1 Å². The van der Waals surface area contributed by atoms with Gasteiger partial charge in [-0.25, -0.2) is 4.98 Å². The van der Waals surface area contributed by atoms with Crippen LogP contribution in [-0.4, -0.2) is 21.2 Å². The van der Waals surface area contributed by atoms with Gasteiger partial charge in [-0.2, -0.15) is 0 Å². The molecule has 0 saturated carbocycles. The summed E-state index contributed by atoms with van der Waals surface area (Å²) in [6, 6.07) is 5.52. The molecule has 0 aliphatic heterocycles. The summed E-state index contributed by atoms with van der Waals surface area (Å²) in [5, 5.41) is 0. The Morgan fingerprint density at radius 1 is 1.31 bits per heavy atom. The van der Waals surface area contributed by atoms with Gasteiger partial charge in [0.1, 0.15) is 5.69 Å². The van der Waals surface area contributed by atoms with Gasteiger partial charge >= 0.3 is 0 Å². The molecular formula is C9H7N3O. The number of rotatable bonds is 2. The Bertz CT molecular complexity index is 408. The summed E-state index contributed by atoms with van der Waals surface area (Å²) in [4.78, 5) is 21.3. The molecule has 2 aromatic heterocycles. The number of H-pyrrole nitrogens is 1. The van der Waals surface area contributed by atoms with Crippen molar-refractivity contribution in [3.8, 4) is 11.5 Å². The van der Waals surface area contributed by atoms with Crippen molar-refractivity contribution < 1.29 is 4.79 Å². The fourth-order valence-electron chi connectivity index (χ4n) is 1.03. The fraction of sp³-hybridized carbons (Fsp3) is 0. The molecule has 0 aliphatic rings. The topological polar surface area (TPSA) is 58.6 Å². The summed E-state index contributed by atoms with van der Waals surface area (Å²) < 4.78 is 0. The van der Waals surface area contributed by atoms with E-state index < -0.39 is 0 Å². The number of carbonyl (C=O) groups excluding carboxylic acids is 1. The Labute approximate surface area is 74.7 Å². The second-order valence-electron chi connectivity index (χ2n) is 2.52. The van der Waals surface area contributed by atoms with E-state index in [1.165, 1.54) is 6.20 Å². The molecule has 64 valence electrons. The highest BCUT2D eigenvalue weighted by molar-refractivity contribution is 5.72. The van der Waals surface area contributed by atoms with Crippen molar-refractivity contribution >= 4 is 6.29 Å². The number of nitrogens with zero attached hydrogens (tertiary/aromatic N) is 2. The molecule has 0 amide bonds. The number of aromatic amines is 1. The van der Waals surface area contributed by atoms with Crippen molar-refractivity contribution in [3.63, 3.8) is 0 Å². The maximum Gasteiger partial charge on any atom is 0.167 e. The van der Waals surface area contributed by atoms with Gasteiger partial charge in [-0.1, -0.05) is 6.07 Å². The summed E-state index contributed by atoms with van der Waals surface area (Å²) in [5.41, 5.74) is 1.19. The van der Waals surface area contributed by atoms with E-state index in [0.717, 1.165) is 12.0 Å². The maximum atomic E-state index is 10.4. The third-order valence-corrected chi connectivity index (χ3v) is 1.63. The first-order valence-corrected chi connectivity index (χ1v) is 3.82. The zero-order valence-electron chi connectivity index (χ0n) is 6.77. The molecule has 0 fully saturated rings. The molecular weight excluding hydrogens is 166 g/mol. The van der Waals surface area contributed by atoms with E-state index >= 15 is 0 Å². The van der Waals surface area contributed by atoms with E-state index in [1.807, 2.05) is 18.2 Å². The van der Waals surface area contributed by atoms with Crippen LogP contribution in [0.5, 0.6) is 0 Å². The molecule has 0 saturated heterocycles. The first kappa shape index (κ1) is 7.67. The standard InChI is InChI=1S/C9H7N3O/c13-6-7-5-11-9(12-7)8-3-1-2-4-10-8/h1-6H,(H,11,12). The van der Waals surface area contributed by atoms with E-state index in [4.69, 9.17) is 0 Å². The van der Waals surface area contributed by atoms with Crippen LogP contribution in [0.2, 0.25) is 0 Å². The second-order valence-corrected chi connectivity index (χ2v) is 2.52. The van der Waals surface area contributed by atoms with Crippen LogP contribution in [0.25, 0.3) is 11.5 Å². The Morgan fingerprint density at radius 2 is 2.23 bits per heavy atom. The molecule has 0 bridgehead atoms. The predicted octanol–water partition coefficient (Wildman–Crippen LogP) is 1.28. The first-order valence-electron chi connectivity index (χ1n) is 3.82. The second kappa shape index (κ2) is 3.18. The SMILES string of the molecule is O=Cc1cnc(-c2ccccn2)[nH]1. The van der Waals surface area contributed by atoms with Crippen LogP contribution >= 0.6 is 0 Å². The van der Waals surface area contributed by atoms with Crippen LogP contribution in [-0.2, 0) is 0 Å². The van der Waals surface area contributed by atoms with E-state index in [2.05, 4.69) is 15.0 Å². The highest BCUT2D eigenvalue weighted by Crippen LogP contribution is 2.10. The van der Waals surface area contributed by atoms with Gasteiger partial charge < -0.3 is 4.98 Å². The van der Waals surface area contributed by atoms with Gasteiger partial charge in [0.2, 0.25) is 0 Å². The van der Waals surface area contributed by atoms with Crippen LogP contribution in [0.4, 0.5) is 0 Å². The van der Waals surface area contributed by atoms with Crippen molar-refractivity contribution in [2.24, 2.45) is 0 Å². The molecule has 0 unspecified atom stereocenters. The smallest absolute Gasteiger partial charge is 0.167 e. The highest BCUT2D eigenvalue weighted by Gasteiger charge is 2.02. The largest absolute Gasteiger partial charge is 0.334 e. The van der Waals surface area contributed by atoms with Crippen molar-refractivity contribution in [1.29, 1.82) is 0 Å². The molecule has 2 aromatic rings. The molecule has 0 atom stereocenters. The Morgan fingerprint density at radius 3 is 2.85 bits per heavy atom. The van der Waals surface area contributed by atoms with Gasteiger partial charge in [-0.05, 0) is 12.1 Å². The summed E-state index contributed by atoms with van der Waals surface area (Å²) >= 11 is 0. The lowest BCUT2D eigenvalue weighted by atomic mass is 10.3. The van der Waals surface area contributed by atoms with E-state index in [0.29, 0.717) is 11.5 Å². The van der Waals surface area contributed by atoms with E-state index in [1.54, 1.807) is 6.20 Å². The minimum absolute atomic E-state index is 0.459. The summed E-state index contributed by atoms with van der Waals surface area (Å²) in [6.07, 6.45) is 3.88. The quantitative estimate of drug-likeness (QED) is 0.696. The van der Waals surface area contributed by atoms with E-state index in [-0.39, 0.29) is 0 Å². The van der Waals surface area contributed by atoms with Crippen LogP contribution < -0.4 is 0 Å². The van der Waals surface area contributed by atoms with Crippen molar-refractivity contribution in [1.82, 2.24) is 15.0 Å².